The largest absolute Gasteiger partial charge is 0.495 e. The summed E-state index contributed by atoms with van der Waals surface area (Å²) in [6.07, 6.45) is 2.11. The quantitative estimate of drug-likeness (QED) is 0.799. The van der Waals surface area contributed by atoms with Crippen LogP contribution < -0.4 is 10.1 Å². The molecule has 0 saturated heterocycles. The van der Waals surface area contributed by atoms with Crippen molar-refractivity contribution in [1.82, 2.24) is 5.32 Å². The van der Waals surface area contributed by atoms with Crippen molar-refractivity contribution in [2.75, 3.05) is 13.7 Å². The summed E-state index contributed by atoms with van der Waals surface area (Å²) >= 11 is 6.95. The third-order valence-corrected chi connectivity index (χ3v) is 4.17. The maximum absolute atomic E-state index is 9.79. The minimum atomic E-state index is -0.216. The highest BCUT2D eigenvalue weighted by Gasteiger charge is 2.29. The minimum absolute atomic E-state index is 0.216. The predicted octanol–water partition coefficient (Wildman–Crippen LogP) is 3.08. The Bertz CT molecular complexity index is 422. The number of hydrogen-bond acceptors (Lipinski definition) is 3. The van der Waals surface area contributed by atoms with Crippen molar-refractivity contribution in [1.29, 1.82) is 0 Å². The molecule has 0 aliphatic heterocycles. The average molecular weight is 379 g/mol. The molecule has 2 N–H and O–H groups in total. The molecule has 0 radical (unpaired) electrons. The van der Waals surface area contributed by atoms with E-state index < -0.39 is 0 Å². The monoisotopic (exact) mass is 377 g/mol. The van der Waals surface area contributed by atoms with E-state index in [0.29, 0.717) is 19.0 Å². The van der Waals surface area contributed by atoms with Crippen LogP contribution in [-0.2, 0) is 6.54 Å². The van der Waals surface area contributed by atoms with Crippen molar-refractivity contribution < 1.29 is 9.84 Å². The van der Waals surface area contributed by atoms with Gasteiger partial charge in [0.25, 0.3) is 0 Å². The highest BCUT2D eigenvalue weighted by atomic mass is 79.9. The van der Waals surface area contributed by atoms with Gasteiger partial charge in [-0.05, 0) is 46.8 Å². The van der Waals surface area contributed by atoms with E-state index in [1.54, 1.807) is 7.11 Å². The maximum atomic E-state index is 9.79. The van der Waals surface area contributed by atoms with E-state index in [9.17, 15) is 5.11 Å². The Morgan fingerprint density at radius 2 is 2.17 bits per heavy atom. The SMILES string of the molecule is COc1c(Br)cc(Br)cc1CNCC(O)C1CC1. The first-order chi connectivity index (χ1) is 8.61. The summed E-state index contributed by atoms with van der Waals surface area (Å²) < 4.78 is 7.32. The molecule has 1 saturated carbocycles. The van der Waals surface area contributed by atoms with Crippen molar-refractivity contribution in [3.05, 3.63) is 26.6 Å². The highest BCUT2D eigenvalue weighted by Crippen LogP contribution is 2.33. The van der Waals surface area contributed by atoms with Crippen molar-refractivity contribution in [2.24, 2.45) is 5.92 Å². The van der Waals surface area contributed by atoms with E-state index in [0.717, 1.165) is 33.1 Å². The summed E-state index contributed by atoms with van der Waals surface area (Å²) in [5.74, 6) is 1.35. The number of hydrogen-bond donors (Lipinski definition) is 2. The molecule has 0 spiro atoms. The lowest BCUT2D eigenvalue weighted by atomic mass is 10.2. The number of methoxy groups -OCH3 is 1. The molecule has 100 valence electrons. The van der Waals surface area contributed by atoms with Crippen molar-refractivity contribution in [2.45, 2.75) is 25.5 Å². The standard InChI is InChI=1S/C13H17Br2NO2/c1-18-13-9(4-10(14)5-11(13)15)6-16-7-12(17)8-2-3-8/h4-5,8,12,16-17H,2-3,6-7H2,1H3. The van der Waals surface area contributed by atoms with Crippen LogP contribution in [0.3, 0.4) is 0 Å². The Hall–Kier alpha value is -0.100. The third-order valence-electron chi connectivity index (χ3n) is 3.12. The first kappa shape index (κ1) is 14.3. The molecule has 1 atom stereocenters. The fraction of sp³-hybridized carbons (Fsp3) is 0.538. The molecule has 0 heterocycles. The van der Waals surface area contributed by atoms with Crippen LogP contribution in [0.25, 0.3) is 0 Å². The van der Waals surface area contributed by atoms with Gasteiger partial charge in [0, 0.05) is 23.1 Å². The van der Waals surface area contributed by atoms with E-state index in [4.69, 9.17) is 4.74 Å². The molecule has 1 aliphatic carbocycles. The number of nitrogens with one attached hydrogen (secondary N) is 1. The molecule has 5 heteroatoms. The summed E-state index contributed by atoms with van der Waals surface area (Å²) in [7, 11) is 1.66. The zero-order valence-corrected chi connectivity index (χ0v) is 13.4. The van der Waals surface area contributed by atoms with Gasteiger partial charge >= 0.3 is 0 Å². The lowest BCUT2D eigenvalue weighted by Gasteiger charge is -2.14. The average Bonchev–Trinajstić information content (AvgIpc) is 3.12. The maximum Gasteiger partial charge on any atom is 0.137 e. The normalized spacial score (nSPS) is 16.7. The van der Waals surface area contributed by atoms with Gasteiger partial charge in [0.15, 0.2) is 0 Å². The van der Waals surface area contributed by atoms with E-state index in [2.05, 4.69) is 37.2 Å². The Balaban J connectivity index is 1.94. The second-order valence-electron chi connectivity index (χ2n) is 4.62. The molecule has 1 unspecified atom stereocenters. The summed E-state index contributed by atoms with van der Waals surface area (Å²) in [6, 6.07) is 3.99. The first-order valence-electron chi connectivity index (χ1n) is 6.02. The van der Waals surface area contributed by atoms with Gasteiger partial charge < -0.3 is 15.2 Å². The number of aliphatic hydroxyl groups excluding tert-OH is 1. The molecule has 0 amide bonds. The van der Waals surface area contributed by atoms with Crippen LogP contribution in [0.15, 0.2) is 21.1 Å². The third kappa shape index (κ3) is 3.70. The van der Waals surface area contributed by atoms with E-state index >= 15 is 0 Å². The van der Waals surface area contributed by atoms with Gasteiger partial charge in [-0.2, -0.15) is 0 Å². The Morgan fingerprint density at radius 3 is 2.78 bits per heavy atom. The second-order valence-corrected chi connectivity index (χ2v) is 6.39. The smallest absolute Gasteiger partial charge is 0.137 e. The number of aliphatic hydroxyl groups is 1. The van der Waals surface area contributed by atoms with Crippen molar-refractivity contribution >= 4 is 31.9 Å². The molecule has 1 fully saturated rings. The number of ether oxygens (including phenoxy) is 1. The minimum Gasteiger partial charge on any atom is -0.495 e. The van der Waals surface area contributed by atoms with Crippen LogP contribution in [0, 0.1) is 5.92 Å². The summed E-state index contributed by atoms with van der Waals surface area (Å²) in [6.45, 7) is 1.32. The molecule has 0 bridgehead atoms. The van der Waals surface area contributed by atoms with Gasteiger partial charge in [-0.1, -0.05) is 15.9 Å². The van der Waals surface area contributed by atoms with Gasteiger partial charge in [0.05, 0.1) is 17.7 Å². The van der Waals surface area contributed by atoms with Crippen molar-refractivity contribution in [3.8, 4) is 5.75 Å². The van der Waals surface area contributed by atoms with Crippen LogP contribution in [-0.4, -0.2) is 24.9 Å². The number of rotatable bonds is 6. The number of halogens is 2. The van der Waals surface area contributed by atoms with Gasteiger partial charge in [0.1, 0.15) is 5.75 Å². The molecule has 0 aromatic heterocycles. The molecule has 3 nitrogen and oxygen atoms in total. The molecule has 18 heavy (non-hydrogen) atoms. The number of benzene rings is 1. The fourth-order valence-corrected chi connectivity index (χ4v) is 3.45. The van der Waals surface area contributed by atoms with Crippen LogP contribution in [0.5, 0.6) is 5.75 Å². The summed E-state index contributed by atoms with van der Waals surface area (Å²) in [5, 5.41) is 13.1. The topological polar surface area (TPSA) is 41.5 Å². The lowest BCUT2D eigenvalue weighted by molar-refractivity contribution is 0.148. The highest BCUT2D eigenvalue weighted by molar-refractivity contribution is 9.11. The van der Waals surface area contributed by atoms with Crippen LogP contribution in [0.4, 0.5) is 0 Å². The van der Waals surface area contributed by atoms with Crippen LogP contribution >= 0.6 is 31.9 Å². The Kier molecular flexibility index (Phi) is 5.06. The van der Waals surface area contributed by atoms with Gasteiger partial charge in [-0.3, -0.25) is 0 Å². The van der Waals surface area contributed by atoms with E-state index in [1.165, 1.54) is 0 Å². The van der Waals surface area contributed by atoms with E-state index in [1.807, 2.05) is 12.1 Å². The van der Waals surface area contributed by atoms with Crippen LogP contribution in [0.2, 0.25) is 0 Å². The molecule has 1 aromatic rings. The second kappa shape index (κ2) is 6.37. The summed E-state index contributed by atoms with van der Waals surface area (Å²) in [4.78, 5) is 0. The lowest BCUT2D eigenvalue weighted by Crippen LogP contribution is -2.28. The van der Waals surface area contributed by atoms with Crippen molar-refractivity contribution in [3.63, 3.8) is 0 Å². The molecule has 2 rings (SSSR count). The zero-order chi connectivity index (χ0) is 13.1. The predicted molar refractivity (Wildman–Crippen MR) is 78.8 cm³/mol. The molecular formula is C13H17Br2NO2. The van der Waals surface area contributed by atoms with Gasteiger partial charge in [-0.25, -0.2) is 0 Å². The molecular weight excluding hydrogens is 362 g/mol. The van der Waals surface area contributed by atoms with Gasteiger partial charge in [0.2, 0.25) is 0 Å². The first-order valence-corrected chi connectivity index (χ1v) is 7.61. The summed E-state index contributed by atoms with van der Waals surface area (Å²) in [5.41, 5.74) is 1.07. The fourth-order valence-electron chi connectivity index (χ4n) is 1.98. The van der Waals surface area contributed by atoms with Gasteiger partial charge in [-0.15, -0.1) is 0 Å². The Morgan fingerprint density at radius 1 is 1.44 bits per heavy atom. The Labute approximate surface area is 124 Å². The molecule has 1 aliphatic rings. The molecule has 1 aromatic carbocycles. The van der Waals surface area contributed by atoms with Crippen LogP contribution in [0.1, 0.15) is 18.4 Å². The zero-order valence-electron chi connectivity index (χ0n) is 10.2. The van der Waals surface area contributed by atoms with E-state index in [-0.39, 0.29) is 6.10 Å².